The third kappa shape index (κ3) is 4.41. The number of likely N-dealkylation sites (N-methyl/N-ethyl adjacent to an activating group) is 1. The highest BCUT2D eigenvalue weighted by atomic mass is 35.5. The largest absolute Gasteiger partial charge is 0.494 e. The summed E-state index contributed by atoms with van der Waals surface area (Å²) in [5, 5.41) is 1.82. The van der Waals surface area contributed by atoms with Crippen LogP contribution in [0.2, 0.25) is 5.02 Å². The van der Waals surface area contributed by atoms with Gasteiger partial charge in [0.25, 0.3) is 5.91 Å². The van der Waals surface area contributed by atoms with Crippen LogP contribution in [0.4, 0.5) is 0 Å². The molecule has 3 aromatic rings. The zero-order chi connectivity index (χ0) is 21.1. The molecule has 30 heavy (non-hydrogen) atoms. The first-order valence-electron chi connectivity index (χ1n) is 9.78. The van der Waals surface area contributed by atoms with Crippen molar-refractivity contribution in [1.82, 2.24) is 9.47 Å². The van der Waals surface area contributed by atoms with Gasteiger partial charge in [-0.3, -0.25) is 9.69 Å². The quantitative estimate of drug-likeness (QED) is 0.248. The molecular formula is C23H21ClN2O2S2. The molecule has 1 amide bonds. The molecule has 2 aromatic carbocycles. The summed E-state index contributed by atoms with van der Waals surface area (Å²) in [7, 11) is 0. The lowest BCUT2D eigenvalue weighted by atomic mass is 10.1. The van der Waals surface area contributed by atoms with Crippen LogP contribution in [0.1, 0.15) is 18.9 Å². The Morgan fingerprint density at radius 2 is 1.93 bits per heavy atom. The molecule has 0 aliphatic carbocycles. The first-order chi connectivity index (χ1) is 14.6. The van der Waals surface area contributed by atoms with Gasteiger partial charge in [0, 0.05) is 40.8 Å². The maximum Gasteiger partial charge on any atom is 0.266 e. The smallest absolute Gasteiger partial charge is 0.266 e. The Balaban J connectivity index is 1.50. The number of aromatic nitrogens is 1. The number of fused-ring (bicyclic) bond motifs is 1. The summed E-state index contributed by atoms with van der Waals surface area (Å²) < 4.78 is 8.64. The van der Waals surface area contributed by atoms with Gasteiger partial charge in [0.1, 0.15) is 10.1 Å². The summed E-state index contributed by atoms with van der Waals surface area (Å²) in [5.74, 6) is 0.802. The lowest BCUT2D eigenvalue weighted by molar-refractivity contribution is -0.121. The van der Waals surface area contributed by atoms with Gasteiger partial charge in [0.2, 0.25) is 0 Å². The zero-order valence-electron chi connectivity index (χ0n) is 16.5. The van der Waals surface area contributed by atoms with Crippen LogP contribution in [0.15, 0.2) is 59.6 Å². The third-order valence-corrected chi connectivity index (χ3v) is 6.55. The summed E-state index contributed by atoms with van der Waals surface area (Å²) in [6, 6.07) is 15.6. The van der Waals surface area contributed by atoms with Gasteiger partial charge < -0.3 is 9.30 Å². The SMILES string of the molecule is CCN1C(=O)/C(=C\c2cn(CCCOc3ccc(Cl)cc3)c3ccccc23)SC1=S. The predicted octanol–water partition coefficient (Wildman–Crippen LogP) is 5.98. The Morgan fingerprint density at radius 3 is 2.67 bits per heavy atom. The highest BCUT2D eigenvalue weighted by Crippen LogP contribution is 2.34. The standard InChI is InChI=1S/C23H21ClN2O2S2/c1-2-26-22(27)21(30-23(26)29)14-16-15-25(20-7-4-3-6-19(16)20)12-5-13-28-18-10-8-17(24)9-11-18/h3-4,6-11,14-15H,2,5,12-13H2,1H3/b21-14+. The van der Waals surface area contributed by atoms with Crippen LogP contribution in [0.5, 0.6) is 5.75 Å². The van der Waals surface area contributed by atoms with Crippen molar-refractivity contribution >= 4 is 62.8 Å². The summed E-state index contributed by atoms with van der Waals surface area (Å²) in [6.07, 6.45) is 4.92. The Bertz CT molecular complexity index is 1120. The molecule has 0 spiro atoms. The zero-order valence-corrected chi connectivity index (χ0v) is 18.9. The fourth-order valence-electron chi connectivity index (χ4n) is 3.44. The van der Waals surface area contributed by atoms with E-state index in [0.717, 1.165) is 35.2 Å². The van der Waals surface area contributed by atoms with Gasteiger partial charge in [-0.1, -0.05) is 53.8 Å². The average Bonchev–Trinajstić information content (AvgIpc) is 3.23. The number of aryl methyl sites for hydroxylation is 1. The van der Waals surface area contributed by atoms with E-state index in [4.69, 9.17) is 28.6 Å². The highest BCUT2D eigenvalue weighted by Gasteiger charge is 2.30. The van der Waals surface area contributed by atoms with Gasteiger partial charge in [0.05, 0.1) is 11.5 Å². The number of amides is 1. The second kappa shape index (κ2) is 9.25. The molecule has 1 saturated heterocycles. The summed E-state index contributed by atoms with van der Waals surface area (Å²) in [6.45, 7) is 3.96. The van der Waals surface area contributed by atoms with E-state index in [1.165, 1.54) is 11.8 Å². The second-order valence-corrected chi connectivity index (χ2v) is 8.99. The van der Waals surface area contributed by atoms with E-state index in [0.29, 0.717) is 27.4 Å². The number of halogens is 1. The van der Waals surface area contributed by atoms with Gasteiger partial charge in [-0.2, -0.15) is 0 Å². The van der Waals surface area contributed by atoms with E-state index in [1.807, 2.05) is 49.4 Å². The predicted molar refractivity (Wildman–Crippen MR) is 129 cm³/mol. The van der Waals surface area contributed by atoms with Crippen LogP contribution in [0.25, 0.3) is 17.0 Å². The van der Waals surface area contributed by atoms with Crippen LogP contribution < -0.4 is 4.74 Å². The Labute approximate surface area is 190 Å². The van der Waals surface area contributed by atoms with E-state index in [2.05, 4.69) is 22.9 Å². The molecular weight excluding hydrogens is 436 g/mol. The molecule has 154 valence electrons. The molecule has 0 radical (unpaired) electrons. The van der Waals surface area contributed by atoms with E-state index in [-0.39, 0.29) is 5.91 Å². The Kier molecular flexibility index (Phi) is 6.46. The first kappa shape index (κ1) is 21.0. The van der Waals surface area contributed by atoms with Crippen LogP contribution >= 0.6 is 35.6 Å². The number of carbonyl (C=O) groups excluding carboxylic acids is 1. The molecule has 1 aliphatic rings. The van der Waals surface area contributed by atoms with Gasteiger partial charge in [-0.25, -0.2) is 0 Å². The van der Waals surface area contributed by atoms with Crippen molar-refractivity contribution in [1.29, 1.82) is 0 Å². The minimum absolute atomic E-state index is 0.0132. The topological polar surface area (TPSA) is 34.5 Å². The fraction of sp³-hybridized carbons (Fsp3) is 0.217. The number of nitrogens with zero attached hydrogens (tertiary/aromatic N) is 2. The van der Waals surface area contributed by atoms with Crippen LogP contribution in [-0.4, -0.2) is 32.8 Å². The van der Waals surface area contributed by atoms with E-state index in [1.54, 1.807) is 4.90 Å². The number of hydrogen-bond acceptors (Lipinski definition) is 4. The molecule has 1 aliphatic heterocycles. The lowest BCUT2D eigenvalue weighted by Crippen LogP contribution is -2.27. The van der Waals surface area contributed by atoms with Crippen molar-refractivity contribution in [2.24, 2.45) is 0 Å². The summed E-state index contributed by atoms with van der Waals surface area (Å²) >= 11 is 12.6. The number of para-hydroxylation sites is 1. The third-order valence-electron chi connectivity index (χ3n) is 4.92. The molecule has 1 fully saturated rings. The number of benzene rings is 2. The fourth-order valence-corrected chi connectivity index (χ4v) is 4.95. The Morgan fingerprint density at radius 1 is 1.17 bits per heavy atom. The summed E-state index contributed by atoms with van der Waals surface area (Å²) in [5.41, 5.74) is 2.17. The lowest BCUT2D eigenvalue weighted by Gasteiger charge is -2.09. The number of carbonyl (C=O) groups is 1. The van der Waals surface area contributed by atoms with Crippen LogP contribution in [-0.2, 0) is 11.3 Å². The minimum Gasteiger partial charge on any atom is -0.494 e. The van der Waals surface area contributed by atoms with Crippen LogP contribution in [0.3, 0.4) is 0 Å². The van der Waals surface area contributed by atoms with Crippen LogP contribution in [0, 0.1) is 0 Å². The van der Waals surface area contributed by atoms with E-state index in [9.17, 15) is 4.79 Å². The molecule has 4 rings (SSSR count). The number of rotatable bonds is 7. The number of ether oxygens (including phenoxy) is 1. The molecule has 0 saturated carbocycles. The van der Waals surface area contributed by atoms with Crippen molar-refractivity contribution in [3.8, 4) is 5.75 Å². The van der Waals surface area contributed by atoms with E-state index < -0.39 is 0 Å². The van der Waals surface area contributed by atoms with Crippen molar-refractivity contribution in [2.45, 2.75) is 19.9 Å². The maximum atomic E-state index is 12.6. The molecule has 7 heteroatoms. The van der Waals surface area contributed by atoms with Crippen molar-refractivity contribution in [3.63, 3.8) is 0 Å². The Hall–Kier alpha value is -2.28. The van der Waals surface area contributed by atoms with Gasteiger partial charge in [-0.15, -0.1) is 0 Å². The van der Waals surface area contributed by atoms with Crippen molar-refractivity contribution < 1.29 is 9.53 Å². The van der Waals surface area contributed by atoms with Gasteiger partial charge >= 0.3 is 0 Å². The number of thioether (sulfide) groups is 1. The normalized spacial score (nSPS) is 15.5. The first-order valence-corrected chi connectivity index (χ1v) is 11.4. The van der Waals surface area contributed by atoms with Gasteiger partial charge in [-0.05, 0) is 49.8 Å². The van der Waals surface area contributed by atoms with Crippen molar-refractivity contribution in [3.05, 3.63) is 70.2 Å². The van der Waals surface area contributed by atoms with Crippen molar-refractivity contribution in [2.75, 3.05) is 13.2 Å². The maximum absolute atomic E-state index is 12.6. The van der Waals surface area contributed by atoms with Gasteiger partial charge in [0.15, 0.2) is 0 Å². The summed E-state index contributed by atoms with van der Waals surface area (Å²) in [4.78, 5) is 14.9. The molecule has 1 aromatic heterocycles. The highest BCUT2D eigenvalue weighted by molar-refractivity contribution is 8.26. The molecule has 0 N–H and O–H groups in total. The number of hydrogen-bond donors (Lipinski definition) is 0. The molecule has 2 heterocycles. The molecule has 0 unspecified atom stereocenters. The monoisotopic (exact) mass is 456 g/mol. The molecule has 0 bridgehead atoms. The second-order valence-electron chi connectivity index (χ2n) is 6.88. The number of thiocarbonyl (C=S) groups is 1. The molecule has 0 atom stereocenters. The average molecular weight is 457 g/mol. The van der Waals surface area contributed by atoms with E-state index >= 15 is 0 Å². The molecule has 4 nitrogen and oxygen atoms in total. The minimum atomic E-state index is -0.0132.